The predicted molar refractivity (Wildman–Crippen MR) is 152 cm³/mol. The topological polar surface area (TPSA) is 76.9 Å². The number of halogens is 1. The van der Waals surface area contributed by atoms with Crippen molar-refractivity contribution < 1.29 is 22.3 Å². The van der Waals surface area contributed by atoms with Gasteiger partial charge in [-0.3, -0.25) is 0 Å². The van der Waals surface area contributed by atoms with E-state index in [1.807, 2.05) is 23.0 Å². The van der Waals surface area contributed by atoms with Crippen LogP contribution < -0.4 is 4.90 Å². The third-order valence-corrected chi connectivity index (χ3v) is 10.4. The number of hydrogen-bond donors (Lipinski definition) is 0. The number of nitrogens with zero attached hydrogens (tertiary/aromatic N) is 4. The van der Waals surface area contributed by atoms with Gasteiger partial charge in [0.2, 0.25) is 10.0 Å². The number of sulfonamides is 1. The van der Waals surface area contributed by atoms with Crippen molar-refractivity contribution in [1.82, 2.24) is 14.1 Å². The lowest BCUT2D eigenvalue weighted by Gasteiger charge is -2.45. The molecule has 0 unspecified atom stereocenters. The highest BCUT2D eigenvalue weighted by Crippen LogP contribution is 2.45. The van der Waals surface area contributed by atoms with E-state index >= 15 is 0 Å². The molecular weight excluding hydrogens is 531 g/mol. The second-order valence-electron chi connectivity index (χ2n) is 11.0. The van der Waals surface area contributed by atoms with Crippen LogP contribution in [0.15, 0.2) is 65.2 Å². The van der Waals surface area contributed by atoms with Gasteiger partial charge in [-0.25, -0.2) is 17.5 Å². The SMILES string of the molecule is COC[C@@H]1CCCN1c1ccc(S(=O)(=O)N2CCC3=Cc4c(cnn4-c4ccc(F)cc4)C[C@]3(COC)C2)cc1. The van der Waals surface area contributed by atoms with Gasteiger partial charge in [-0.15, -0.1) is 0 Å². The third kappa shape index (κ3) is 4.76. The first-order chi connectivity index (χ1) is 19.3. The van der Waals surface area contributed by atoms with Crippen molar-refractivity contribution in [3.05, 3.63) is 77.4 Å². The highest BCUT2D eigenvalue weighted by atomic mass is 32.2. The summed E-state index contributed by atoms with van der Waals surface area (Å²) in [6.45, 7) is 2.74. The molecule has 0 bridgehead atoms. The molecule has 1 aliphatic carbocycles. The lowest BCUT2D eigenvalue weighted by atomic mass is 9.69. The first kappa shape index (κ1) is 27.1. The zero-order chi connectivity index (χ0) is 27.9. The quantitative estimate of drug-likeness (QED) is 0.405. The van der Waals surface area contributed by atoms with E-state index in [1.165, 1.54) is 12.1 Å². The second-order valence-corrected chi connectivity index (χ2v) is 13.0. The Morgan fingerprint density at radius 3 is 2.50 bits per heavy atom. The Bertz CT molecular complexity index is 1500. The molecular formula is C30H35FN4O4S. The minimum absolute atomic E-state index is 0.295. The van der Waals surface area contributed by atoms with E-state index in [0.29, 0.717) is 50.1 Å². The molecule has 3 aromatic rings. The van der Waals surface area contributed by atoms with Crippen molar-refractivity contribution >= 4 is 21.8 Å². The average molecular weight is 567 g/mol. The molecule has 0 spiro atoms. The van der Waals surface area contributed by atoms with Crippen molar-refractivity contribution in [3.8, 4) is 5.69 Å². The van der Waals surface area contributed by atoms with Gasteiger partial charge < -0.3 is 14.4 Å². The van der Waals surface area contributed by atoms with E-state index in [2.05, 4.69) is 16.1 Å². The predicted octanol–water partition coefficient (Wildman–Crippen LogP) is 4.29. The van der Waals surface area contributed by atoms with E-state index in [0.717, 1.165) is 47.6 Å². The average Bonchev–Trinajstić information content (AvgIpc) is 3.59. The Morgan fingerprint density at radius 2 is 1.77 bits per heavy atom. The summed E-state index contributed by atoms with van der Waals surface area (Å²) >= 11 is 0. The molecule has 2 atom stereocenters. The van der Waals surface area contributed by atoms with Crippen LogP contribution in [0.3, 0.4) is 0 Å². The summed E-state index contributed by atoms with van der Waals surface area (Å²) in [6.07, 6.45) is 7.34. The normalized spacial score (nSPS) is 23.1. The molecule has 212 valence electrons. The maximum absolute atomic E-state index is 13.9. The van der Waals surface area contributed by atoms with E-state index in [1.54, 1.807) is 42.8 Å². The van der Waals surface area contributed by atoms with Gasteiger partial charge in [0.15, 0.2) is 0 Å². The van der Waals surface area contributed by atoms with Crippen LogP contribution in [0.5, 0.6) is 0 Å². The van der Waals surface area contributed by atoms with Gasteiger partial charge in [-0.05, 0) is 85.9 Å². The first-order valence-electron chi connectivity index (χ1n) is 13.7. The molecule has 1 aromatic heterocycles. The van der Waals surface area contributed by atoms with Crippen molar-refractivity contribution in [2.75, 3.05) is 52.0 Å². The number of methoxy groups -OCH3 is 2. The van der Waals surface area contributed by atoms with Crippen LogP contribution in [0.2, 0.25) is 0 Å². The zero-order valence-electron chi connectivity index (χ0n) is 22.9. The van der Waals surface area contributed by atoms with Crippen LogP contribution in [-0.4, -0.2) is 75.6 Å². The number of benzene rings is 2. The Balaban J connectivity index is 1.26. The van der Waals surface area contributed by atoms with Crippen LogP contribution >= 0.6 is 0 Å². The molecule has 10 heteroatoms. The van der Waals surface area contributed by atoms with Gasteiger partial charge in [-0.2, -0.15) is 9.40 Å². The van der Waals surface area contributed by atoms with E-state index in [9.17, 15) is 12.8 Å². The van der Waals surface area contributed by atoms with E-state index < -0.39 is 15.4 Å². The second kappa shape index (κ2) is 10.7. The Labute approximate surface area is 235 Å². The summed E-state index contributed by atoms with van der Waals surface area (Å²) in [5.41, 5.74) is 4.46. The van der Waals surface area contributed by atoms with E-state index in [4.69, 9.17) is 9.47 Å². The number of rotatable bonds is 8. The summed E-state index contributed by atoms with van der Waals surface area (Å²) in [5.74, 6) is -0.295. The molecule has 0 radical (unpaired) electrons. The minimum Gasteiger partial charge on any atom is -0.384 e. The molecule has 0 saturated carbocycles. The van der Waals surface area contributed by atoms with Gasteiger partial charge >= 0.3 is 0 Å². The maximum Gasteiger partial charge on any atom is 0.243 e. The van der Waals surface area contributed by atoms with Crippen LogP contribution in [0.4, 0.5) is 10.1 Å². The molecule has 6 rings (SSSR count). The summed E-state index contributed by atoms with van der Waals surface area (Å²) in [6, 6.07) is 13.9. The summed E-state index contributed by atoms with van der Waals surface area (Å²) in [4.78, 5) is 2.61. The van der Waals surface area contributed by atoms with Gasteiger partial charge in [0.05, 0.1) is 41.7 Å². The number of ether oxygens (including phenoxy) is 2. The Hall–Kier alpha value is -3.05. The summed E-state index contributed by atoms with van der Waals surface area (Å²) in [7, 11) is -0.329. The smallest absolute Gasteiger partial charge is 0.243 e. The number of aromatic nitrogens is 2. The molecule has 0 N–H and O–H groups in total. The number of piperidine rings is 1. The fourth-order valence-corrected chi connectivity index (χ4v) is 8.12. The van der Waals surface area contributed by atoms with Crippen molar-refractivity contribution in [2.24, 2.45) is 5.41 Å². The largest absolute Gasteiger partial charge is 0.384 e. The van der Waals surface area contributed by atoms with Crippen LogP contribution in [0.1, 0.15) is 30.5 Å². The van der Waals surface area contributed by atoms with Crippen molar-refractivity contribution in [2.45, 2.75) is 36.6 Å². The van der Waals surface area contributed by atoms with Crippen LogP contribution in [0.25, 0.3) is 11.8 Å². The van der Waals surface area contributed by atoms with Crippen molar-refractivity contribution in [3.63, 3.8) is 0 Å². The fourth-order valence-electron chi connectivity index (χ4n) is 6.59. The number of fused-ring (bicyclic) bond motifs is 2. The molecule has 2 fully saturated rings. The Morgan fingerprint density at radius 1 is 1.02 bits per heavy atom. The molecule has 2 aromatic carbocycles. The molecule has 0 amide bonds. The zero-order valence-corrected chi connectivity index (χ0v) is 23.7. The summed E-state index contributed by atoms with van der Waals surface area (Å²) in [5, 5.41) is 4.59. The highest BCUT2D eigenvalue weighted by molar-refractivity contribution is 7.89. The molecule has 8 nitrogen and oxygen atoms in total. The maximum atomic E-state index is 13.9. The van der Waals surface area contributed by atoms with Crippen LogP contribution in [0, 0.1) is 11.2 Å². The van der Waals surface area contributed by atoms with Crippen molar-refractivity contribution in [1.29, 1.82) is 0 Å². The monoisotopic (exact) mass is 566 g/mol. The Kier molecular flexibility index (Phi) is 7.28. The van der Waals surface area contributed by atoms with Crippen LogP contribution in [-0.2, 0) is 25.9 Å². The standard InChI is InChI=1S/C30H35FN4O4S/c1-38-19-27-4-3-14-34(27)25-9-11-28(12-10-25)40(36,37)33-15-13-23-16-29-22(17-30(23,20-33)21-39-2)18-32-35(29)26-7-5-24(31)6-8-26/h5-12,16,18,27H,3-4,13-15,17,19-21H2,1-2H3/t27-,30+/m0/s1. The highest BCUT2D eigenvalue weighted by Gasteiger charge is 2.46. The van der Waals surface area contributed by atoms with Gasteiger partial charge in [-0.1, -0.05) is 5.57 Å². The molecule has 2 aliphatic heterocycles. The lowest BCUT2D eigenvalue weighted by molar-refractivity contribution is 0.0733. The molecule has 2 saturated heterocycles. The molecule has 3 aliphatic rings. The number of hydrogen-bond acceptors (Lipinski definition) is 6. The fraction of sp³-hybridized carbons (Fsp3) is 0.433. The minimum atomic E-state index is -3.70. The molecule has 40 heavy (non-hydrogen) atoms. The van der Waals surface area contributed by atoms with E-state index in [-0.39, 0.29) is 5.82 Å². The lowest BCUT2D eigenvalue weighted by Crippen LogP contribution is -2.51. The third-order valence-electron chi connectivity index (χ3n) is 8.55. The van der Waals surface area contributed by atoms with Gasteiger partial charge in [0.1, 0.15) is 5.82 Å². The summed E-state index contributed by atoms with van der Waals surface area (Å²) < 4.78 is 55.7. The number of anilines is 1. The first-order valence-corrected chi connectivity index (χ1v) is 15.2. The molecule has 3 heterocycles. The van der Waals surface area contributed by atoms with Gasteiger partial charge in [0, 0.05) is 45.0 Å². The van der Waals surface area contributed by atoms with Gasteiger partial charge in [0.25, 0.3) is 0 Å².